The molecule has 0 bridgehead atoms. The number of aliphatic hydroxyl groups excluding tert-OH is 1. The third kappa shape index (κ3) is 4.30. The molecule has 1 aromatic carbocycles. The van der Waals surface area contributed by atoms with E-state index in [1.807, 2.05) is 0 Å². The number of aliphatic hydroxyl groups is 1. The molecule has 0 saturated heterocycles. The molecule has 0 aliphatic heterocycles. The molecule has 0 unspecified atom stereocenters. The smallest absolute Gasteiger partial charge is 0.275 e. The highest BCUT2D eigenvalue weighted by Gasteiger charge is 2.07. The zero-order valence-corrected chi connectivity index (χ0v) is 11.1. The van der Waals surface area contributed by atoms with Crippen LogP contribution in [-0.4, -0.2) is 27.6 Å². The van der Waals surface area contributed by atoms with Crippen LogP contribution < -0.4 is 10.9 Å². The minimum atomic E-state index is -0.424. The van der Waals surface area contributed by atoms with Crippen molar-refractivity contribution in [1.29, 1.82) is 0 Å². The number of nitrogens with zero attached hydrogens (tertiary/aromatic N) is 1. The number of carbonyl (C=O) groups excluding carboxylic acids is 1. The van der Waals surface area contributed by atoms with Crippen molar-refractivity contribution in [1.82, 2.24) is 9.97 Å². The Labute approximate surface area is 120 Å². The quantitative estimate of drug-likeness (QED) is 0.725. The van der Waals surface area contributed by atoms with E-state index in [0.29, 0.717) is 12.1 Å². The summed E-state index contributed by atoms with van der Waals surface area (Å²) >= 11 is 0. The maximum Gasteiger partial charge on any atom is 0.275 e. The number of hydrogen-bond donors (Lipinski definition) is 3. The summed E-state index contributed by atoms with van der Waals surface area (Å²) in [6, 6.07) is 7.01. The summed E-state index contributed by atoms with van der Waals surface area (Å²) in [5.74, 6) is 5.26. The number of aromatic amines is 1. The van der Waals surface area contributed by atoms with Crippen molar-refractivity contribution in [3.8, 4) is 11.8 Å². The van der Waals surface area contributed by atoms with Gasteiger partial charge in [-0.2, -0.15) is 0 Å². The van der Waals surface area contributed by atoms with E-state index in [2.05, 4.69) is 27.1 Å². The zero-order valence-electron chi connectivity index (χ0n) is 11.1. The molecule has 1 aromatic heterocycles. The number of carbonyl (C=O) groups is 1. The third-order valence-electron chi connectivity index (χ3n) is 2.49. The van der Waals surface area contributed by atoms with Crippen molar-refractivity contribution >= 4 is 11.6 Å². The van der Waals surface area contributed by atoms with E-state index in [-0.39, 0.29) is 17.9 Å². The van der Waals surface area contributed by atoms with Gasteiger partial charge in [-0.05, 0) is 18.2 Å². The van der Waals surface area contributed by atoms with E-state index in [4.69, 9.17) is 5.11 Å². The van der Waals surface area contributed by atoms with E-state index < -0.39 is 5.91 Å². The van der Waals surface area contributed by atoms with Crippen molar-refractivity contribution in [3.63, 3.8) is 0 Å². The predicted octanol–water partition coefficient (Wildman–Crippen LogP) is 0.756. The molecule has 2 rings (SSSR count). The highest BCUT2D eigenvalue weighted by Crippen LogP contribution is 2.10. The van der Waals surface area contributed by atoms with Gasteiger partial charge in [-0.15, -0.1) is 0 Å². The van der Waals surface area contributed by atoms with Gasteiger partial charge in [0.1, 0.15) is 5.69 Å². The van der Waals surface area contributed by atoms with E-state index in [9.17, 15) is 9.59 Å². The molecule has 0 aliphatic carbocycles. The molecule has 6 nitrogen and oxygen atoms in total. The molecule has 1 heterocycles. The van der Waals surface area contributed by atoms with E-state index in [0.717, 1.165) is 11.8 Å². The minimum Gasteiger partial charge on any atom is -0.395 e. The zero-order chi connectivity index (χ0) is 15.1. The maximum absolute atomic E-state index is 11.9. The Bertz CT molecular complexity index is 736. The third-order valence-corrected chi connectivity index (χ3v) is 2.49. The summed E-state index contributed by atoms with van der Waals surface area (Å²) < 4.78 is 0. The molecule has 0 spiro atoms. The van der Waals surface area contributed by atoms with Crippen molar-refractivity contribution in [2.24, 2.45) is 0 Å². The van der Waals surface area contributed by atoms with Gasteiger partial charge in [-0.25, -0.2) is 4.98 Å². The van der Waals surface area contributed by atoms with Gasteiger partial charge in [0, 0.05) is 23.9 Å². The molecule has 0 fully saturated rings. The topological polar surface area (TPSA) is 95.1 Å². The van der Waals surface area contributed by atoms with Crippen molar-refractivity contribution < 1.29 is 9.90 Å². The Kier molecular flexibility index (Phi) is 4.85. The molecule has 3 N–H and O–H groups in total. The molecule has 0 atom stereocenters. The number of aromatic nitrogens is 2. The molecule has 106 valence electrons. The summed E-state index contributed by atoms with van der Waals surface area (Å²) in [5.41, 5.74) is 1.05. The molecule has 0 radical (unpaired) electrons. The standard InChI is InChI=1S/C15H13N3O3/c19-7-2-1-4-11-5-3-6-12(8-11)18-15(21)13-9-17-14(20)10-16-13/h3,5-6,8-10,19H,2,7H2,(H,17,20)(H,18,21). The van der Waals surface area contributed by atoms with Gasteiger partial charge < -0.3 is 15.4 Å². The average Bonchev–Trinajstić information content (AvgIpc) is 2.48. The van der Waals surface area contributed by atoms with Crippen molar-refractivity contribution in [2.75, 3.05) is 11.9 Å². The Morgan fingerprint density at radius 3 is 3.00 bits per heavy atom. The van der Waals surface area contributed by atoms with Crippen molar-refractivity contribution in [2.45, 2.75) is 6.42 Å². The highest BCUT2D eigenvalue weighted by molar-refractivity contribution is 6.02. The summed E-state index contributed by atoms with van der Waals surface area (Å²) in [4.78, 5) is 29.0. The van der Waals surface area contributed by atoms with Crippen LogP contribution in [0.1, 0.15) is 22.5 Å². The fraction of sp³-hybridized carbons (Fsp3) is 0.133. The van der Waals surface area contributed by atoms with E-state index >= 15 is 0 Å². The van der Waals surface area contributed by atoms with Crippen molar-refractivity contribution in [3.05, 3.63) is 58.3 Å². The van der Waals surface area contributed by atoms with Crippen LogP contribution in [0, 0.1) is 11.8 Å². The lowest BCUT2D eigenvalue weighted by atomic mass is 10.2. The highest BCUT2D eigenvalue weighted by atomic mass is 16.2. The van der Waals surface area contributed by atoms with Gasteiger partial charge in [0.25, 0.3) is 11.5 Å². The lowest BCUT2D eigenvalue weighted by Crippen LogP contribution is -2.16. The van der Waals surface area contributed by atoms with Crippen LogP contribution >= 0.6 is 0 Å². The van der Waals surface area contributed by atoms with Crippen LogP contribution in [0.4, 0.5) is 5.69 Å². The number of amides is 1. The first kappa shape index (κ1) is 14.5. The average molecular weight is 283 g/mol. The fourth-order valence-corrected chi connectivity index (χ4v) is 1.56. The van der Waals surface area contributed by atoms with Gasteiger partial charge in [0.05, 0.1) is 12.8 Å². The van der Waals surface area contributed by atoms with Crippen LogP contribution in [0.5, 0.6) is 0 Å². The van der Waals surface area contributed by atoms with Gasteiger partial charge >= 0.3 is 0 Å². The van der Waals surface area contributed by atoms with Crippen LogP contribution in [0.2, 0.25) is 0 Å². The lowest BCUT2D eigenvalue weighted by Gasteiger charge is -2.04. The number of anilines is 1. The summed E-state index contributed by atoms with van der Waals surface area (Å²) in [5, 5.41) is 11.3. The van der Waals surface area contributed by atoms with Crippen LogP contribution in [-0.2, 0) is 0 Å². The molecule has 1 amide bonds. The lowest BCUT2D eigenvalue weighted by molar-refractivity contribution is 0.102. The first-order valence-electron chi connectivity index (χ1n) is 6.25. The van der Waals surface area contributed by atoms with E-state index in [1.165, 1.54) is 6.20 Å². The maximum atomic E-state index is 11.9. The predicted molar refractivity (Wildman–Crippen MR) is 77.8 cm³/mol. The van der Waals surface area contributed by atoms with Gasteiger partial charge in [0.2, 0.25) is 0 Å². The number of hydrogen-bond acceptors (Lipinski definition) is 4. The molecular formula is C15H13N3O3. The molecule has 21 heavy (non-hydrogen) atoms. The van der Waals surface area contributed by atoms with Crippen LogP contribution in [0.15, 0.2) is 41.5 Å². The number of nitrogens with one attached hydrogen (secondary N) is 2. The summed E-state index contributed by atoms with van der Waals surface area (Å²) in [6.45, 7) is 0.0152. The normalized spacial score (nSPS) is 9.57. The Hall–Kier alpha value is -2.91. The van der Waals surface area contributed by atoms with Gasteiger partial charge in [-0.1, -0.05) is 17.9 Å². The molecule has 0 aliphatic rings. The van der Waals surface area contributed by atoms with E-state index in [1.54, 1.807) is 24.3 Å². The second kappa shape index (κ2) is 7.03. The molecular weight excluding hydrogens is 270 g/mol. The monoisotopic (exact) mass is 283 g/mol. The Balaban J connectivity index is 2.11. The second-order valence-corrected chi connectivity index (χ2v) is 4.11. The second-order valence-electron chi connectivity index (χ2n) is 4.11. The van der Waals surface area contributed by atoms with Crippen LogP contribution in [0.3, 0.4) is 0 Å². The Morgan fingerprint density at radius 2 is 2.29 bits per heavy atom. The first-order valence-corrected chi connectivity index (χ1v) is 6.25. The largest absolute Gasteiger partial charge is 0.395 e. The summed E-state index contributed by atoms with van der Waals surface area (Å²) in [7, 11) is 0. The Morgan fingerprint density at radius 1 is 1.43 bits per heavy atom. The molecule has 6 heteroatoms. The van der Waals surface area contributed by atoms with Gasteiger partial charge in [0.15, 0.2) is 0 Å². The first-order chi connectivity index (χ1) is 10.2. The summed E-state index contributed by atoms with van der Waals surface area (Å²) in [6.07, 6.45) is 2.70. The number of benzene rings is 1. The van der Waals surface area contributed by atoms with Gasteiger partial charge in [-0.3, -0.25) is 9.59 Å². The molecule has 2 aromatic rings. The fourth-order valence-electron chi connectivity index (χ4n) is 1.56. The molecule has 0 saturated carbocycles. The minimum absolute atomic E-state index is 0.0152. The SMILES string of the molecule is O=C(Nc1cccc(C#CCCO)c1)c1c[nH]c(=O)cn1. The number of H-pyrrole nitrogens is 1. The van der Waals surface area contributed by atoms with Crippen LogP contribution in [0.25, 0.3) is 0 Å². The number of rotatable bonds is 3.